The van der Waals surface area contributed by atoms with Gasteiger partial charge in [0.1, 0.15) is 11.6 Å². The summed E-state index contributed by atoms with van der Waals surface area (Å²) in [6, 6.07) is -0.879. The van der Waals surface area contributed by atoms with Gasteiger partial charge in [0.25, 0.3) is 0 Å². The van der Waals surface area contributed by atoms with E-state index in [0.717, 1.165) is 18.4 Å². The molecule has 4 aliphatic carbocycles. The third-order valence-electron chi connectivity index (χ3n) is 11.3. The van der Waals surface area contributed by atoms with Crippen molar-refractivity contribution in [2.75, 3.05) is 13.2 Å². The second-order valence-corrected chi connectivity index (χ2v) is 13.1. The standard InChI is InChI=1S/C30H41NO9/c1-28-11-9-18(32)14-17(28)5-6-19-20-10-12-30(39,29(20,2)15-22(33)26(19)28)23(34)16-40-25(36)8-7-24(35)31-13-3-4-21(31)27(37)38/h14,19-22,26,33,39H,3-13,15-16H2,1-2H3,(H,37,38)/t19-,20-,21+,22+,26+,28+,29+,30+/m1/s1. The third kappa shape index (κ3) is 4.51. The van der Waals surface area contributed by atoms with Crippen LogP contribution in [0.3, 0.4) is 0 Å². The Morgan fingerprint density at radius 2 is 1.82 bits per heavy atom. The first kappa shape index (κ1) is 28.9. The number of Topliss-reactive ketones (excluding diaryl/α,β-unsaturated/α-hetero) is 1. The molecule has 0 unspecified atom stereocenters. The lowest BCUT2D eigenvalue weighted by atomic mass is 9.45. The largest absolute Gasteiger partial charge is 0.480 e. The summed E-state index contributed by atoms with van der Waals surface area (Å²) in [4.78, 5) is 62.9. The number of nitrogens with zero attached hydrogens (tertiary/aromatic N) is 1. The van der Waals surface area contributed by atoms with E-state index in [4.69, 9.17) is 4.74 Å². The van der Waals surface area contributed by atoms with Crippen LogP contribution < -0.4 is 0 Å². The van der Waals surface area contributed by atoms with Crippen molar-refractivity contribution in [2.24, 2.45) is 28.6 Å². The Labute approximate surface area is 234 Å². The SMILES string of the molecule is C[C@]12CCC(=O)C=C1CC[C@H]1[C@H]2[C@@H](O)C[C@@]2(C)[C@@H]1CC[C@]2(O)C(=O)COC(=O)CCC(=O)N1CCC[C@H]1C(=O)O. The van der Waals surface area contributed by atoms with Gasteiger partial charge in [-0.1, -0.05) is 19.4 Å². The normalized spacial score (nSPS) is 40.5. The highest BCUT2D eigenvalue weighted by molar-refractivity contribution is 5.92. The molecular weight excluding hydrogens is 518 g/mol. The number of fused-ring (bicyclic) bond motifs is 5. The molecule has 40 heavy (non-hydrogen) atoms. The zero-order valence-electron chi connectivity index (χ0n) is 23.4. The van der Waals surface area contributed by atoms with Crippen LogP contribution in [0.25, 0.3) is 0 Å². The molecule has 0 aromatic heterocycles. The van der Waals surface area contributed by atoms with Crippen LogP contribution in [0.5, 0.6) is 0 Å². The van der Waals surface area contributed by atoms with Crippen LogP contribution in [0.1, 0.15) is 84.5 Å². The number of ketones is 2. The maximum Gasteiger partial charge on any atom is 0.326 e. The molecule has 1 amide bonds. The molecule has 4 fully saturated rings. The molecule has 1 aliphatic heterocycles. The molecule has 10 heteroatoms. The van der Waals surface area contributed by atoms with Gasteiger partial charge in [-0.2, -0.15) is 0 Å². The summed E-state index contributed by atoms with van der Waals surface area (Å²) in [5, 5.41) is 32.5. The molecular formula is C30H41NO9. The van der Waals surface area contributed by atoms with E-state index in [1.54, 1.807) is 6.08 Å². The van der Waals surface area contributed by atoms with Gasteiger partial charge in [-0.25, -0.2) is 4.79 Å². The minimum atomic E-state index is -1.75. The highest BCUT2D eigenvalue weighted by Gasteiger charge is 2.68. The highest BCUT2D eigenvalue weighted by Crippen LogP contribution is 2.67. The van der Waals surface area contributed by atoms with Gasteiger partial charge in [0.15, 0.2) is 12.4 Å². The zero-order chi connectivity index (χ0) is 29.0. The van der Waals surface area contributed by atoms with Gasteiger partial charge in [-0.3, -0.25) is 19.2 Å². The summed E-state index contributed by atoms with van der Waals surface area (Å²) < 4.78 is 5.19. The van der Waals surface area contributed by atoms with Crippen LogP contribution >= 0.6 is 0 Å². The number of carboxylic acid groups (broad SMARTS) is 1. The van der Waals surface area contributed by atoms with Gasteiger partial charge >= 0.3 is 11.9 Å². The first-order valence-electron chi connectivity index (χ1n) is 14.7. The summed E-state index contributed by atoms with van der Waals surface area (Å²) in [7, 11) is 0. The van der Waals surface area contributed by atoms with Gasteiger partial charge in [0, 0.05) is 24.8 Å². The maximum atomic E-state index is 13.4. The van der Waals surface area contributed by atoms with Gasteiger partial charge < -0.3 is 25.0 Å². The number of aliphatic hydroxyl groups is 2. The first-order chi connectivity index (χ1) is 18.8. The second-order valence-electron chi connectivity index (χ2n) is 13.1. The summed E-state index contributed by atoms with van der Waals surface area (Å²) in [6.45, 7) is 3.73. The minimum absolute atomic E-state index is 0.0156. The molecule has 3 N–H and O–H groups in total. The average Bonchev–Trinajstić information content (AvgIpc) is 3.50. The van der Waals surface area contributed by atoms with Crippen LogP contribution in [-0.2, 0) is 28.7 Å². The van der Waals surface area contributed by atoms with E-state index in [9.17, 15) is 39.3 Å². The highest BCUT2D eigenvalue weighted by atomic mass is 16.5. The number of aliphatic hydroxyl groups excluding tert-OH is 1. The van der Waals surface area contributed by atoms with Crippen molar-refractivity contribution >= 4 is 29.4 Å². The number of hydrogen-bond donors (Lipinski definition) is 3. The molecule has 5 aliphatic rings. The van der Waals surface area contributed by atoms with Gasteiger partial charge in [-0.15, -0.1) is 0 Å². The van der Waals surface area contributed by atoms with E-state index < -0.39 is 53.4 Å². The minimum Gasteiger partial charge on any atom is -0.480 e. The van der Waals surface area contributed by atoms with E-state index in [1.807, 2.05) is 6.92 Å². The number of amides is 1. The van der Waals surface area contributed by atoms with E-state index >= 15 is 0 Å². The Morgan fingerprint density at radius 1 is 1.07 bits per heavy atom. The lowest BCUT2D eigenvalue weighted by Crippen LogP contribution is -2.62. The number of esters is 1. The molecule has 220 valence electrons. The van der Waals surface area contributed by atoms with Gasteiger partial charge in [0.05, 0.1) is 12.5 Å². The van der Waals surface area contributed by atoms with Crippen molar-refractivity contribution in [1.29, 1.82) is 0 Å². The van der Waals surface area contributed by atoms with Crippen molar-refractivity contribution < 1.29 is 44.0 Å². The van der Waals surface area contributed by atoms with Crippen molar-refractivity contribution in [3.8, 4) is 0 Å². The molecule has 0 aromatic carbocycles. The Bertz CT molecular complexity index is 1150. The molecule has 0 spiro atoms. The summed E-state index contributed by atoms with van der Waals surface area (Å²) in [5.41, 5.74) is -1.78. The average molecular weight is 560 g/mol. The Morgan fingerprint density at radius 3 is 2.55 bits per heavy atom. The van der Waals surface area contributed by atoms with Crippen LogP contribution in [0, 0.1) is 28.6 Å². The van der Waals surface area contributed by atoms with Crippen LogP contribution in [0.4, 0.5) is 0 Å². The van der Waals surface area contributed by atoms with E-state index in [1.165, 1.54) is 4.90 Å². The van der Waals surface area contributed by atoms with Crippen LogP contribution in [0.15, 0.2) is 11.6 Å². The quantitative estimate of drug-likeness (QED) is 0.398. The third-order valence-corrected chi connectivity index (χ3v) is 11.3. The number of carbonyl (C=O) groups is 5. The first-order valence-corrected chi connectivity index (χ1v) is 14.7. The Hall–Kier alpha value is -2.59. The smallest absolute Gasteiger partial charge is 0.326 e. The number of carbonyl (C=O) groups excluding carboxylic acids is 4. The molecule has 1 saturated heterocycles. The van der Waals surface area contributed by atoms with Crippen LogP contribution in [0.2, 0.25) is 0 Å². The van der Waals surface area contributed by atoms with Crippen molar-refractivity contribution in [3.05, 3.63) is 11.6 Å². The zero-order valence-corrected chi connectivity index (χ0v) is 23.4. The summed E-state index contributed by atoms with van der Waals surface area (Å²) in [6.07, 6.45) is 5.35. The van der Waals surface area contributed by atoms with E-state index in [0.29, 0.717) is 38.6 Å². The molecule has 0 radical (unpaired) electrons. The molecule has 5 rings (SSSR count). The molecule has 0 aromatic rings. The molecule has 10 nitrogen and oxygen atoms in total. The lowest BCUT2D eigenvalue weighted by molar-refractivity contribution is -0.184. The number of allylic oxidation sites excluding steroid dienone is 1. The monoisotopic (exact) mass is 559 g/mol. The molecule has 3 saturated carbocycles. The fourth-order valence-electron chi connectivity index (χ4n) is 9.16. The fourth-order valence-corrected chi connectivity index (χ4v) is 9.16. The molecule has 8 atom stereocenters. The number of hydrogen-bond acceptors (Lipinski definition) is 8. The van der Waals surface area contributed by atoms with Crippen molar-refractivity contribution in [2.45, 2.75) is 102 Å². The maximum absolute atomic E-state index is 13.4. The van der Waals surface area contributed by atoms with Gasteiger partial charge in [-0.05, 0) is 80.6 Å². The van der Waals surface area contributed by atoms with Crippen LogP contribution in [-0.4, -0.2) is 80.5 Å². The number of aliphatic carboxylic acids is 1. The number of carboxylic acids is 1. The lowest BCUT2D eigenvalue weighted by Gasteiger charge is -2.60. The molecule has 1 heterocycles. The second kappa shape index (κ2) is 10.4. The summed E-state index contributed by atoms with van der Waals surface area (Å²) in [5.74, 6) is -2.64. The van der Waals surface area contributed by atoms with E-state index in [-0.39, 0.29) is 54.6 Å². The Kier molecular flexibility index (Phi) is 7.48. The summed E-state index contributed by atoms with van der Waals surface area (Å²) >= 11 is 0. The Balaban J connectivity index is 1.21. The number of likely N-dealkylation sites (tertiary alicyclic amines) is 1. The number of ether oxygens (including phenoxy) is 1. The van der Waals surface area contributed by atoms with Crippen molar-refractivity contribution in [3.63, 3.8) is 0 Å². The van der Waals surface area contributed by atoms with Gasteiger partial charge in [0.2, 0.25) is 11.7 Å². The van der Waals surface area contributed by atoms with E-state index in [2.05, 4.69) is 6.92 Å². The number of rotatable bonds is 7. The molecule has 0 bridgehead atoms. The van der Waals surface area contributed by atoms with Crippen molar-refractivity contribution in [1.82, 2.24) is 4.90 Å². The topological polar surface area (TPSA) is 159 Å². The predicted octanol–water partition coefficient (Wildman–Crippen LogP) is 2.19. The fraction of sp³-hybridized carbons (Fsp3) is 0.767. The predicted molar refractivity (Wildman–Crippen MR) is 141 cm³/mol.